The minimum Gasteiger partial charge on any atom is -0.496 e. The Morgan fingerprint density at radius 1 is 1.06 bits per heavy atom. The molecule has 0 aliphatic heterocycles. The zero-order chi connectivity index (χ0) is 12.3. The van der Waals surface area contributed by atoms with Gasteiger partial charge in [-0.25, -0.2) is 4.79 Å². The molecule has 0 fully saturated rings. The zero-order valence-corrected chi connectivity index (χ0v) is 9.79. The lowest BCUT2D eigenvalue weighted by Crippen LogP contribution is -2.17. The lowest BCUT2D eigenvalue weighted by molar-refractivity contribution is -0.135. The van der Waals surface area contributed by atoms with Crippen LogP contribution in [0.25, 0.3) is 0 Å². The number of ketones is 1. The van der Waals surface area contributed by atoms with E-state index in [9.17, 15) is 9.59 Å². The lowest BCUT2D eigenvalue weighted by atomic mass is 10.0. The second-order valence-electron chi connectivity index (χ2n) is 3.46. The highest BCUT2D eigenvalue weighted by molar-refractivity contribution is 6.41. The van der Waals surface area contributed by atoms with Crippen LogP contribution in [0.4, 0.5) is 0 Å². The van der Waals surface area contributed by atoms with E-state index in [1.54, 1.807) is 26.2 Å². The number of rotatable bonds is 3. The molecular formula is C12H14O4. The number of benzene rings is 1. The Bertz CT molecular complexity index is 435. The second-order valence-corrected chi connectivity index (χ2v) is 3.46. The first kappa shape index (κ1) is 12.2. The fraction of sp³-hybridized carbons (Fsp3) is 0.333. The van der Waals surface area contributed by atoms with E-state index >= 15 is 0 Å². The average Bonchev–Trinajstić information content (AvgIpc) is 2.29. The molecule has 0 unspecified atom stereocenters. The summed E-state index contributed by atoms with van der Waals surface area (Å²) in [6, 6.07) is 3.36. The van der Waals surface area contributed by atoms with Crippen LogP contribution in [0.5, 0.6) is 5.75 Å². The molecule has 1 aromatic carbocycles. The summed E-state index contributed by atoms with van der Waals surface area (Å²) < 4.78 is 9.52. The van der Waals surface area contributed by atoms with Crippen LogP contribution in [0, 0.1) is 13.8 Å². The van der Waals surface area contributed by atoms with Crippen molar-refractivity contribution in [1.29, 1.82) is 0 Å². The number of ether oxygens (including phenoxy) is 2. The number of esters is 1. The van der Waals surface area contributed by atoms with Gasteiger partial charge in [0.25, 0.3) is 5.78 Å². The van der Waals surface area contributed by atoms with E-state index in [0.29, 0.717) is 16.9 Å². The summed E-state index contributed by atoms with van der Waals surface area (Å²) in [4.78, 5) is 22.8. The molecule has 0 saturated carbocycles. The van der Waals surface area contributed by atoms with E-state index in [2.05, 4.69) is 4.74 Å². The van der Waals surface area contributed by atoms with Crippen LogP contribution < -0.4 is 4.74 Å². The van der Waals surface area contributed by atoms with Gasteiger partial charge in [-0.1, -0.05) is 0 Å². The maximum absolute atomic E-state index is 11.6. The van der Waals surface area contributed by atoms with Crippen LogP contribution in [0.3, 0.4) is 0 Å². The Hall–Kier alpha value is -1.84. The summed E-state index contributed by atoms with van der Waals surface area (Å²) in [6.07, 6.45) is 0. The predicted molar refractivity (Wildman–Crippen MR) is 58.8 cm³/mol. The van der Waals surface area contributed by atoms with Crippen molar-refractivity contribution in [3.05, 3.63) is 28.8 Å². The molecule has 0 radical (unpaired) electrons. The monoisotopic (exact) mass is 222 g/mol. The van der Waals surface area contributed by atoms with Crippen molar-refractivity contribution in [2.45, 2.75) is 13.8 Å². The van der Waals surface area contributed by atoms with Crippen molar-refractivity contribution in [2.24, 2.45) is 0 Å². The highest BCUT2D eigenvalue weighted by atomic mass is 16.5. The quantitative estimate of drug-likeness (QED) is 0.443. The molecular weight excluding hydrogens is 208 g/mol. The van der Waals surface area contributed by atoms with Gasteiger partial charge in [-0.2, -0.15) is 0 Å². The Kier molecular flexibility index (Phi) is 3.66. The zero-order valence-electron chi connectivity index (χ0n) is 9.79. The minimum absolute atomic E-state index is 0.352. The minimum atomic E-state index is -0.854. The number of carbonyl (C=O) groups is 2. The van der Waals surface area contributed by atoms with Gasteiger partial charge >= 0.3 is 5.97 Å². The van der Waals surface area contributed by atoms with Gasteiger partial charge in [0.15, 0.2) is 0 Å². The molecule has 0 aliphatic rings. The van der Waals surface area contributed by atoms with Gasteiger partial charge in [0, 0.05) is 5.56 Å². The first-order valence-electron chi connectivity index (χ1n) is 4.79. The maximum Gasteiger partial charge on any atom is 0.379 e. The molecule has 0 saturated heterocycles. The van der Waals surface area contributed by atoms with E-state index in [4.69, 9.17) is 4.74 Å². The number of carbonyl (C=O) groups excluding carboxylic acids is 2. The van der Waals surface area contributed by atoms with E-state index < -0.39 is 11.8 Å². The molecule has 4 heteroatoms. The van der Waals surface area contributed by atoms with Crippen molar-refractivity contribution in [3.8, 4) is 5.75 Å². The molecule has 0 heterocycles. The lowest BCUT2D eigenvalue weighted by Gasteiger charge is -2.09. The highest BCUT2D eigenvalue weighted by Crippen LogP contribution is 2.22. The Morgan fingerprint density at radius 3 is 2.19 bits per heavy atom. The Balaban J connectivity index is 3.21. The van der Waals surface area contributed by atoms with E-state index in [1.807, 2.05) is 6.92 Å². The van der Waals surface area contributed by atoms with Crippen LogP contribution in [-0.2, 0) is 9.53 Å². The summed E-state index contributed by atoms with van der Waals surface area (Å²) in [7, 11) is 2.75. The molecule has 0 atom stereocenters. The molecule has 0 N–H and O–H groups in total. The van der Waals surface area contributed by atoms with E-state index in [-0.39, 0.29) is 0 Å². The highest BCUT2D eigenvalue weighted by Gasteiger charge is 2.19. The van der Waals surface area contributed by atoms with E-state index in [0.717, 1.165) is 5.56 Å². The van der Waals surface area contributed by atoms with Crippen LogP contribution in [0.1, 0.15) is 21.5 Å². The average molecular weight is 222 g/mol. The molecule has 1 aromatic rings. The summed E-state index contributed by atoms with van der Waals surface area (Å²) in [6.45, 7) is 3.56. The SMILES string of the molecule is COC(=O)C(=O)c1cc(C)c(OC)cc1C. The molecule has 0 amide bonds. The fourth-order valence-corrected chi connectivity index (χ4v) is 1.46. The van der Waals surface area contributed by atoms with E-state index in [1.165, 1.54) is 7.11 Å². The van der Waals surface area contributed by atoms with Gasteiger partial charge < -0.3 is 9.47 Å². The molecule has 16 heavy (non-hydrogen) atoms. The van der Waals surface area contributed by atoms with Crippen LogP contribution in [0.15, 0.2) is 12.1 Å². The molecule has 1 rings (SSSR count). The molecule has 0 bridgehead atoms. The summed E-state index contributed by atoms with van der Waals surface area (Å²) >= 11 is 0. The van der Waals surface area contributed by atoms with Crippen molar-refractivity contribution in [3.63, 3.8) is 0 Å². The molecule has 86 valence electrons. The van der Waals surface area contributed by atoms with Crippen molar-refractivity contribution in [2.75, 3.05) is 14.2 Å². The first-order chi connectivity index (χ1) is 7.51. The van der Waals surface area contributed by atoms with Crippen LogP contribution >= 0.6 is 0 Å². The second kappa shape index (κ2) is 4.79. The van der Waals surface area contributed by atoms with Crippen molar-refractivity contribution >= 4 is 11.8 Å². The standard InChI is InChI=1S/C12H14O4/c1-7-6-10(15-3)8(2)5-9(7)11(13)12(14)16-4/h5-6H,1-4H3. The van der Waals surface area contributed by atoms with Gasteiger partial charge in [0.2, 0.25) is 0 Å². The topological polar surface area (TPSA) is 52.6 Å². The predicted octanol–water partition coefficient (Wildman–Crippen LogP) is 1.67. The third-order valence-corrected chi connectivity index (χ3v) is 2.36. The largest absolute Gasteiger partial charge is 0.496 e. The summed E-state index contributed by atoms with van der Waals surface area (Å²) in [5, 5.41) is 0. The van der Waals surface area contributed by atoms with Gasteiger partial charge in [-0.3, -0.25) is 4.79 Å². The number of hydrogen-bond acceptors (Lipinski definition) is 4. The molecule has 4 nitrogen and oxygen atoms in total. The fourth-order valence-electron chi connectivity index (χ4n) is 1.46. The normalized spacial score (nSPS) is 9.75. The number of Topliss-reactive ketones (excluding diaryl/α,β-unsaturated/α-hetero) is 1. The van der Waals surface area contributed by atoms with Gasteiger partial charge in [-0.15, -0.1) is 0 Å². The number of aryl methyl sites for hydroxylation is 2. The molecule has 0 aromatic heterocycles. The smallest absolute Gasteiger partial charge is 0.379 e. The number of hydrogen-bond donors (Lipinski definition) is 0. The third-order valence-electron chi connectivity index (χ3n) is 2.36. The molecule has 0 spiro atoms. The van der Waals surface area contributed by atoms with Crippen molar-refractivity contribution in [1.82, 2.24) is 0 Å². The van der Waals surface area contributed by atoms with Gasteiger partial charge in [0.1, 0.15) is 5.75 Å². The van der Waals surface area contributed by atoms with Crippen molar-refractivity contribution < 1.29 is 19.1 Å². The Morgan fingerprint density at radius 2 is 1.69 bits per heavy atom. The third kappa shape index (κ3) is 2.21. The first-order valence-corrected chi connectivity index (χ1v) is 4.79. The van der Waals surface area contributed by atoms with Gasteiger partial charge in [-0.05, 0) is 37.1 Å². The molecule has 0 aliphatic carbocycles. The Labute approximate surface area is 94.2 Å². The van der Waals surface area contributed by atoms with Gasteiger partial charge in [0.05, 0.1) is 14.2 Å². The summed E-state index contributed by atoms with van der Waals surface area (Å²) in [5.41, 5.74) is 1.85. The number of methoxy groups -OCH3 is 2. The van der Waals surface area contributed by atoms with Crippen LogP contribution in [-0.4, -0.2) is 26.0 Å². The maximum atomic E-state index is 11.6. The van der Waals surface area contributed by atoms with Crippen LogP contribution in [0.2, 0.25) is 0 Å². The summed E-state index contributed by atoms with van der Waals surface area (Å²) in [5.74, 6) is -0.794.